The number of nitrogens with zero attached hydrogens (tertiary/aromatic N) is 5. The highest BCUT2D eigenvalue weighted by atomic mass is 19.4. The van der Waals surface area contributed by atoms with Crippen LogP contribution in [0.3, 0.4) is 0 Å². The molecule has 3 rings (SSSR count). The predicted molar refractivity (Wildman–Crippen MR) is 94.6 cm³/mol. The molecule has 2 aromatic heterocycles. The summed E-state index contributed by atoms with van der Waals surface area (Å²) in [6, 6.07) is 3.82. The normalized spacial score (nSPS) is 17.6. The maximum atomic E-state index is 12.4. The third kappa shape index (κ3) is 4.72. The van der Waals surface area contributed by atoms with Gasteiger partial charge in [-0.05, 0) is 12.2 Å². The number of anilines is 1. The van der Waals surface area contributed by atoms with Gasteiger partial charge in [0.25, 0.3) is 0 Å². The van der Waals surface area contributed by atoms with E-state index < -0.39 is 11.9 Å². The van der Waals surface area contributed by atoms with Gasteiger partial charge in [-0.15, -0.1) is 0 Å². The Labute approximate surface area is 158 Å². The molecular formula is C17H16F3N7O. The molecule has 146 valence electrons. The van der Waals surface area contributed by atoms with Crippen molar-refractivity contribution in [2.24, 2.45) is 0 Å². The van der Waals surface area contributed by atoms with E-state index in [-0.39, 0.29) is 18.3 Å². The van der Waals surface area contributed by atoms with Crippen LogP contribution in [0.1, 0.15) is 12.2 Å². The molecule has 1 fully saturated rings. The average molecular weight is 391 g/mol. The molecule has 1 atom stereocenters. The van der Waals surface area contributed by atoms with E-state index in [0.29, 0.717) is 43.0 Å². The Bertz CT molecular complexity index is 916. The van der Waals surface area contributed by atoms with E-state index in [0.717, 1.165) is 6.08 Å². The standard InChI is InChI=1S/C17H16F3N7O/c18-17(19,20)14(22)1-2-15-23-8-13(26-15)12-7-16(25-10-24-12)27-5-6-28-11(9-27)3-4-21/h1-2,7-8,10-11,22H,3,5-6,9H2,(H,23,26)/b2-1-,22-14?. The number of nitrogens with one attached hydrogen (secondary N) is 2. The second-order valence-electron chi connectivity index (χ2n) is 5.99. The van der Waals surface area contributed by atoms with Crippen LogP contribution in [0, 0.1) is 16.7 Å². The Morgan fingerprint density at radius 1 is 1.43 bits per heavy atom. The fourth-order valence-corrected chi connectivity index (χ4v) is 2.63. The van der Waals surface area contributed by atoms with Crippen LogP contribution in [0.5, 0.6) is 0 Å². The molecule has 1 unspecified atom stereocenters. The number of morpholine rings is 1. The minimum Gasteiger partial charge on any atom is -0.373 e. The molecule has 28 heavy (non-hydrogen) atoms. The van der Waals surface area contributed by atoms with Crippen LogP contribution in [0.4, 0.5) is 19.0 Å². The summed E-state index contributed by atoms with van der Waals surface area (Å²) in [5, 5.41) is 15.8. The zero-order valence-corrected chi connectivity index (χ0v) is 14.6. The van der Waals surface area contributed by atoms with E-state index in [9.17, 15) is 13.2 Å². The zero-order chi connectivity index (χ0) is 20.1. The smallest absolute Gasteiger partial charge is 0.373 e. The highest BCUT2D eigenvalue weighted by Gasteiger charge is 2.32. The number of aromatic amines is 1. The quantitative estimate of drug-likeness (QED) is 0.757. The lowest BCUT2D eigenvalue weighted by Crippen LogP contribution is -2.42. The second-order valence-corrected chi connectivity index (χ2v) is 5.99. The first kappa shape index (κ1) is 19.5. The van der Waals surface area contributed by atoms with Crippen LogP contribution < -0.4 is 4.90 Å². The maximum Gasteiger partial charge on any atom is 0.432 e. The number of H-pyrrole nitrogens is 1. The van der Waals surface area contributed by atoms with Gasteiger partial charge in [-0.3, -0.25) is 5.41 Å². The van der Waals surface area contributed by atoms with Gasteiger partial charge in [0.15, 0.2) is 0 Å². The lowest BCUT2D eigenvalue weighted by Gasteiger charge is -2.32. The van der Waals surface area contributed by atoms with Crippen molar-refractivity contribution in [2.75, 3.05) is 24.6 Å². The Balaban J connectivity index is 1.74. The molecule has 0 radical (unpaired) electrons. The van der Waals surface area contributed by atoms with Crippen molar-refractivity contribution in [3.8, 4) is 17.5 Å². The molecular weight excluding hydrogens is 375 g/mol. The Morgan fingerprint density at radius 3 is 3.00 bits per heavy atom. The van der Waals surface area contributed by atoms with E-state index >= 15 is 0 Å². The van der Waals surface area contributed by atoms with Crippen molar-refractivity contribution in [2.45, 2.75) is 18.7 Å². The lowest BCUT2D eigenvalue weighted by molar-refractivity contribution is -0.0583. The van der Waals surface area contributed by atoms with Gasteiger partial charge < -0.3 is 14.6 Å². The minimum atomic E-state index is -4.70. The average Bonchev–Trinajstić information content (AvgIpc) is 3.15. The SMILES string of the molecule is N#CCC1CN(c2cc(-c3cnc(/C=C\C(=N)C(F)(F)F)[nH]3)ncn2)CCO1. The summed E-state index contributed by atoms with van der Waals surface area (Å²) in [6.45, 7) is 1.63. The second kappa shape index (κ2) is 8.18. The number of aromatic nitrogens is 4. The van der Waals surface area contributed by atoms with Crippen molar-refractivity contribution in [1.29, 1.82) is 10.7 Å². The summed E-state index contributed by atoms with van der Waals surface area (Å²) in [6.07, 6.45) is -0.0553. The van der Waals surface area contributed by atoms with Gasteiger partial charge in [0.2, 0.25) is 0 Å². The van der Waals surface area contributed by atoms with Gasteiger partial charge in [-0.25, -0.2) is 15.0 Å². The Hall–Kier alpha value is -3.26. The number of ether oxygens (including phenoxy) is 1. The molecule has 3 heterocycles. The van der Waals surface area contributed by atoms with E-state index in [1.807, 2.05) is 4.90 Å². The first-order valence-electron chi connectivity index (χ1n) is 8.31. The Morgan fingerprint density at radius 2 is 2.25 bits per heavy atom. The van der Waals surface area contributed by atoms with E-state index in [4.69, 9.17) is 15.4 Å². The molecule has 11 heteroatoms. The first-order valence-corrected chi connectivity index (χ1v) is 8.31. The van der Waals surface area contributed by atoms with E-state index in [1.165, 1.54) is 12.5 Å². The molecule has 2 N–H and O–H groups in total. The molecule has 1 saturated heterocycles. The molecule has 1 aliphatic rings. The third-order valence-corrected chi connectivity index (χ3v) is 4.02. The predicted octanol–water partition coefficient (Wildman–Crippen LogP) is 2.58. The van der Waals surface area contributed by atoms with Crippen LogP contribution in [-0.2, 0) is 4.74 Å². The maximum absolute atomic E-state index is 12.4. The van der Waals surface area contributed by atoms with Crippen LogP contribution in [0.15, 0.2) is 24.7 Å². The Kier molecular flexibility index (Phi) is 5.70. The number of imidazole rings is 1. The summed E-state index contributed by atoms with van der Waals surface area (Å²) in [5.74, 6) is 0.825. The first-order chi connectivity index (χ1) is 13.4. The van der Waals surface area contributed by atoms with Crippen LogP contribution in [0.2, 0.25) is 0 Å². The summed E-state index contributed by atoms with van der Waals surface area (Å²) >= 11 is 0. The molecule has 0 aromatic carbocycles. The number of rotatable bonds is 5. The van der Waals surface area contributed by atoms with Crippen molar-refractivity contribution in [3.63, 3.8) is 0 Å². The number of allylic oxidation sites excluding steroid dienone is 1. The number of alkyl halides is 3. The molecule has 0 bridgehead atoms. The molecule has 0 saturated carbocycles. The van der Waals surface area contributed by atoms with Gasteiger partial charge in [0, 0.05) is 19.2 Å². The van der Waals surface area contributed by atoms with Gasteiger partial charge in [-0.2, -0.15) is 18.4 Å². The third-order valence-electron chi connectivity index (χ3n) is 4.02. The zero-order valence-electron chi connectivity index (χ0n) is 14.6. The summed E-state index contributed by atoms with van der Waals surface area (Å²) in [7, 11) is 0. The van der Waals surface area contributed by atoms with Gasteiger partial charge in [0.05, 0.1) is 42.8 Å². The van der Waals surface area contributed by atoms with Gasteiger partial charge >= 0.3 is 6.18 Å². The largest absolute Gasteiger partial charge is 0.432 e. The van der Waals surface area contributed by atoms with Crippen LogP contribution in [-0.4, -0.2) is 57.6 Å². The molecule has 8 nitrogen and oxygen atoms in total. The van der Waals surface area contributed by atoms with Crippen LogP contribution in [0.25, 0.3) is 17.5 Å². The fourth-order valence-electron chi connectivity index (χ4n) is 2.63. The monoisotopic (exact) mass is 391 g/mol. The van der Waals surface area contributed by atoms with Gasteiger partial charge in [-0.1, -0.05) is 0 Å². The van der Waals surface area contributed by atoms with Gasteiger partial charge in [0.1, 0.15) is 23.7 Å². The van der Waals surface area contributed by atoms with Crippen molar-refractivity contribution < 1.29 is 17.9 Å². The van der Waals surface area contributed by atoms with Crippen LogP contribution >= 0.6 is 0 Å². The highest BCUT2D eigenvalue weighted by Crippen LogP contribution is 2.22. The van der Waals surface area contributed by atoms with Crippen molar-refractivity contribution in [3.05, 3.63) is 30.5 Å². The molecule has 0 aliphatic carbocycles. The number of nitriles is 1. The summed E-state index contributed by atoms with van der Waals surface area (Å²) < 4.78 is 42.6. The number of hydrogen-bond donors (Lipinski definition) is 2. The molecule has 0 amide bonds. The summed E-state index contributed by atoms with van der Waals surface area (Å²) in [4.78, 5) is 17.3. The van der Waals surface area contributed by atoms with Crippen molar-refractivity contribution >= 4 is 17.6 Å². The summed E-state index contributed by atoms with van der Waals surface area (Å²) in [5.41, 5.74) is -0.441. The molecule has 0 spiro atoms. The highest BCUT2D eigenvalue weighted by molar-refractivity contribution is 5.99. The minimum absolute atomic E-state index is 0.171. The number of hydrogen-bond acceptors (Lipinski definition) is 7. The number of halogens is 3. The molecule has 1 aliphatic heterocycles. The fraction of sp³-hybridized carbons (Fsp3) is 0.353. The van der Waals surface area contributed by atoms with Crippen molar-refractivity contribution in [1.82, 2.24) is 19.9 Å². The molecule has 2 aromatic rings. The van der Waals surface area contributed by atoms with E-state index in [2.05, 4.69) is 26.0 Å². The van der Waals surface area contributed by atoms with E-state index in [1.54, 1.807) is 6.07 Å². The topological polar surface area (TPSA) is 115 Å². The lowest BCUT2D eigenvalue weighted by atomic mass is 10.2.